The predicted molar refractivity (Wildman–Crippen MR) is 59.2 cm³/mol. The second-order valence-electron chi connectivity index (χ2n) is 4.04. The third kappa shape index (κ3) is 1.85. The van der Waals surface area contributed by atoms with Crippen LogP contribution in [0, 0.1) is 22.9 Å². The molecule has 1 aliphatic heterocycles. The Bertz CT molecular complexity index is 428. The molecule has 1 saturated heterocycles. The SMILES string of the molecule is Cc1cc(N2CCCC2)c([N+](=O)[O-])cc1F. The number of rotatable bonds is 2. The maximum Gasteiger partial charge on any atom is 0.295 e. The lowest BCUT2D eigenvalue weighted by atomic mass is 10.1. The van der Waals surface area contributed by atoms with Gasteiger partial charge in [0.1, 0.15) is 11.5 Å². The van der Waals surface area contributed by atoms with E-state index in [2.05, 4.69) is 0 Å². The maximum absolute atomic E-state index is 13.3. The third-order valence-corrected chi connectivity index (χ3v) is 2.90. The fourth-order valence-corrected chi connectivity index (χ4v) is 2.01. The molecule has 86 valence electrons. The number of nitrogens with zero attached hydrogens (tertiary/aromatic N) is 2. The molecule has 0 unspecified atom stereocenters. The number of anilines is 1. The molecule has 4 nitrogen and oxygen atoms in total. The van der Waals surface area contributed by atoms with Crippen molar-refractivity contribution < 1.29 is 9.31 Å². The lowest BCUT2D eigenvalue weighted by Crippen LogP contribution is -2.19. The molecule has 1 fully saturated rings. The molecule has 0 N–H and O–H groups in total. The molecule has 0 atom stereocenters. The van der Waals surface area contributed by atoms with Crippen LogP contribution in [-0.4, -0.2) is 18.0 Å². The van der Waals surface area contributed by atoms with Crippen LogP contribution in [0.1, 0.15) is 18.4 Å². The van der Waals surface area contributed by atoms with Crippen LogP contribution in [0.4, 0.5) is 15.8 Å². The van der Waals surface area contributed by atoms with E-state index >= 15 is 0 Å². The van der Waals surface area contributed by atoms with Gasteiger partial charge in [0.05, 0.1) is 11.0 Å². The van der Waals surface area contributed by atoms with Crippen LogP contribution in [0.15, 0.2) is 12.1 Å². The summed E-state index contributed by atoms with van der Waals surface area (Å²) in [5, 5.41) is 10.9. The summed E-state index contributed by atoms with van der Waals surface area (Å²) in [4.78, 5) is 12.3. The molecular weight excluding hydrogens is 211 g/mol. The number of nitro benzene ring substituents is 1. The standard InChI is InChI=1S/C11H13FN2O2/c1-8-6-10(13-4-2-3-5-13)11(14(15)16)7-9(8)12/h6-7H,2-5H2,1H3. The summed E-state index contributed by atoms with van der Waals surface area (Å²) in [5.74, 6) is -0.519. The van der Waals surface area contributed by atoms with Crippen molar-refractivity contribution in [3.05, 3.63) is 33.6 Å². The van der Waals surface area contributed by atoms with Gasteiger partial charge in [-0.15, -0.1) is 0 Å². The van der Waals surface area contributed by atoms with Crippen LogP contribution < -0.4 is 4.90 Å². The Morgan fingerprint density at radius 2 is 2.00 bits per heavy atom. The average molecular weight is 224 g/mol. The first-order valence-corrected chi connectivity index (χ1v) is 5.29. The molecule has 2 rings (SSSR count). The summed E-state index contributed by atoms with van der Waals surface area (Å²) in [6.07, 6.45) is 2.07. The fourth-order valence-electron chi connectivity index (χ4n) is 2.01. The van der Waals surface area contributed by atoms with Gasteiger partial charge in [0.15, 0.2) is 0 Å². The Hall–Kier alpha value is -1.65. The zero-order valence-electron chi connectivity index (χ0n) is 9.07. The van der Waals surface area contributed by atoms with Crippen molar-refractivity contribution in [2.45, 2.75) is 19.8 Å². The van der Waals surface area contributed by atoms with Crippen molar-refractivity contribution in [2.24, 2.45) is 0 Å². The van der Waals surface area contributed by atoms with Gasteiger partial charge in [0, 0.05) is 13.1 Å². The molecule has 1 aromatic carbocycles. The smallest absolute Gasteiger partial charge is 0.295 e. The quantitative estimate of drug-likeness (QED) is 0.573. The molecular formula is C11H13FN2O2. The zero-order chi connectivity index (χ0) is 11.7. The number of aryl methyl sites for hydroxylation is 1. The molecule has 0 spiro atoms. The zero-order valence-corrected chi connectivity index (χ0v) is 9.07. The Morgan fingerprint density at radius 1 is 1.38 bits per heavy atom. The van der Waals surface area contributed by atoms with E-state index in [9.17, 15) is 14.5 Å². The normalized spacial score (nSPS) is 15.5. The van der Waals surface area contributed by atoms with Crippen molar-refractivity contribution in [1.82, 2.24) is 0 Å². The maximum atomic E-state index is 13.3. The lowest BCUT2D eigenvalue weighted by Gasteiger charge is -2.18. The van der Waals surface area contributed by atoms with Crippen LogP contribution in [0.5, 0.6) is 0 Å². The van der Waals surface area contributed by atoms with Gasteiger partial charge in [-0.1, -0.05) is 0 Å². The van der Waals surface area contributed by atoms with Gasteiger partial charge in [-0.05, 0) is 31.4 Å². The highest BCUT2D eigenvalue weighted by atomic mass is 19.1. The molecule has 1 aromatic rings. The van der Waals surface area contributed by atoms with E-state index in [0.717, 1.165) is 32.0 Å². The van der Waals surface area contributed by atoms with Crippen LogP contribution in [-0.2, 0) is 0 Å². The lowest BCUT2D eigenvalue weighted by molar-refractivity contribution is -0.384. The minimum Gasteiger partial charge on any atom is -0.366 e. The van der Waals surface area contributed by atoms with E-state index in [0.29, 0.717) is 11.3 Å². The van der Waals surface area contributed by atoms with Crippen LogP contribution in [0.3, 0.4) is 0 Å². The fraction of sp³-hybridized carbons (Fsp3) is 0.455. The largest absolute Gasteiger partial charge is 0.366 e. The molecule has 0 amide bonds. The number of nitro groups is 1. The molecule has 0 bridgehead atoms. The first-order valence-electron chi connectivity index (χ1n) is 5.29. The number of hydrogen-bond donors (Lipinski definition) is 0. The van der Waals surface area contributed by atoms with E-state index in [1.54, 1.807) is 13.0 Å². The monoisotopic (exact) mass is 224 g/mol. The van der Waals surface area contributed by atoms with Gasteiger partial charge in [0.25, 0.3) is 5.69 Å². The van der Waals surface area contributed by atoms with Gasteiger partial charge in [0.2, 0.25) is 0 Å². The summed E-state index contributed by atoms with van der Waals surface area (Å²) in [6.45, 7) is 3.25. The summed E-state index contributed by atoms with van der Waals surface area (Å²) in [7, 11) is 0. The number of benzene rings is 1. The molecule has 16 heavy (non-hydrogen) atoms. The minimum absolute atomic E-state index is 0.134. The molecule has 0 aromatic heterocycles. The van der Waals surface area contributed by atoms with Crippen molar-refractivity contribution in [3.63, 3.8) is 0 Å². The van der Waals surface area contributed by atoms with E-state index < -0.39 is 10.7 Å². The highest BCUT2D eigenvalue weighted by molar-refractivity contribution is 5.65. The predicted octanol–water partition coefficient (Wildman–Crippen LogP) is 2.64. The molecule has 0 aliphatic carbocycles. The molecule has 1 aliphatic rings. The minimum atomic E-state index is -0.519. The Labute approximate surface area is 92.8 Å². The van der Waals surface area contributed by atoms with Crippen LogP contribution in [0.2, 0.25) is 0 Å². The highest BCUT2D eigenvalue weighted by Crippen LogP contribution is 2.32. The average Bonchev–Trinajstić information content (AvgIpc) is 2.74. The van der Waals surface area contributed by atoms with Gasteiger partial charge >= 0.3 is 0 Å². The van der Waals surface area contributed by atoms with Crippen molar-refractivity contribution in [1.29, 1.82) is 0 Å². The highest BCUT2D eigenvalue weighted by Gasteiger charge is 2.23. The van der Waals surface area contributed by atoms with Crippen molar-refractivity contribution in [2.75, 3.05) is 18.0 Å². The second-order valence-corrected chi connectivity index (χ2v) is 4.04. The summed E-state index contributed by atoms with van der Waals surface area (Å²) < 4.78 is 13.3. The Balaban J connectivity index is 2.48. The van der Waals surface area contributed by atoms with E-state index in [1.807, 2.05) is 4.90 Å². The second kappa shape index (κ2) is 4.08. The van der Waals surface area contributed by atoms with Gasteiger partial charge < -0.3 is 4.90 Å². The Morgan fingerprint density at radius 3 is 2.56 bits per heavy atom. The van der Waals surface area contributed by atoms with Crippen LogP contribution in [0.25, 0.3) is 0 Å². The van der Waals surface area contributed by atoms with E-state index in [4.69, 9.17) is 0 Å². The summed E-state index contributed by atoms with van der Waals surface area (Å²) >= 11 is 0. The Kier molecular flexibility index (Phi) is 2.77. The van der Waals surface area contributed by atoms with Crippen molar-refractivity contribution in [3.8, 4) is 0 Å². The first kappa shape index (κ1) is 10.9. The molecule has 0 radical (unpaired) electrons. The third-order valence-electron chi connectivity index (χ3n) is 2.90. The van der Waals surface area contributed by atoms with Crippen LogP contribution >= 0.6 is 0 Å². The number of halogens is 1. The van der Waals surface area contributed by atoms with Gasteiger partial charge in [-0.3, -0.25) is 10.1 Å². The van der Waals surface area contributed by atoms with E-state index in [-0.39, 0.29) is 5.69 Å². The van der Waals surface area contributed by atoms with Gasteiger partial charge in [-0.2, -0.15) is 0 Å². The van der Waals surface area contributed by atoms with Gasteiger partial charge in [-0.25, -0.2) is 4.39 Å². The number of hydrogen-bond acceptors (Lipinski definition) is 3. The molecule has 5 heteroatoms. The molecule has 0 saturated carbocycles. The summed E-state index contributed by atoms with van der Waals surface area (Å²) in [6, 6.07) is 2.59. The first-order chi connectivity index (χ1) is 7.59. The van der Waals surface area contributed by atoms with Crippen molar-refractivity contribution >= 4 is 11.4 Å². The molecule has 1 heterocycles. The summed E-state index contributed by atoms with van der Waals surface area (Å²) in [5.41, 5.74) is 0.860. The topological polar surface area (TPSA) is 46.4 Å². The van der Waals surface area contributed by atoms with E-state index in [1.165, 1.54) is 0 Å².